The summed E-state index contributed by atoms with van der Waals surface area (Å²) in [6.07, 6.45) is 0.695. The molecule has 1 aliphatic rings. The van der Waals surface area contributed by atoms with Crippen LogP contribution in [0.15, 0.2) is 72.8 Å². The summed E-state index contributed by atoms with van der Waals surface area (Å²) >= 11 is 0. The molecule has 0 aliphatic carbocycles. The van der Waals surface area contributed by atoms with Crippen molar-refractivity contribution >= 4 is 5.91 Å². The maximum absolute atomic E-state index is 14.4. The fraction of sp³-hybridized carbons (Fsp3) is 0.267. The lowest BCUT2D eigenvalue weighted by molar-refractivity contribution is 0.0746. The first-order chi connectivity index (χ1) is 18.5. The van der Waals surface area contributed by atoms with E-state index >= 15 is 0 Å². The molecule has 0 fully saturated rings. The quantitative estimate of drug-likeness (QED) is 0.316. The summed E-state index contributed by atoms with van der Waals surface area (Å²) in [6, 6.07) is 20.6. The van der Waals surface area contributed by atoms with Crippen LogP contribution in [0.5, 0.6) is 5.75 Å². The molecule has 196 valence electrons. The minimum Gasteiger partial charge on any atom is -0.496 e. The summed E-state index contributed by atoms with van der Waals surface area (Å²) in [5.74, 6) is -0.486. The average molecular weight is 517 g/mol. The second-order valence-corrected chi connectivity index (χ2v) is 9.34. The van der Waals surface area contributed by atoms with Gasteiger partial charge in [-0.05, 0) is 49.4 Å². The zero-order valence-corrected chi connectivity index (χ0v) is 21.5. The number of carbonyl (C=O) groups is 1. The van der Waals surface area contributed by atoms with E-state index in [1.165, 1.54) is 12.1 Å². The summed E-state index contributed by atoms with van der Waals surface area (Å²) in [5, 5.41) is 4.97. The first-order valence-corrected chi connectivity index (χ1v) is 12.7. The molecule has 0 spiro atoms. The highest BCUT2D eigenvalue weighted by Crippen LogP contribution is 2.29. The molecule has 4 aromatic rings. The van der Waals surface area contributed by atoms with Crippen LogP contribution in [0.4, 0.5) is 8.78 Å². The van der Waals surface area contributed by atoms with E-state index in [2.05, 4.69) is 4.90 Å². The van der Waals surface area contributed by atoms with Gasteiger partial charge in [0, 0.05) is 43.7 Å². The Morgan fingerprint density at radius 2 is 1.82 bits per heavy atom. The summed E-state index contributed by atoms with van der Waals surface area (Å²) < 4.78 is 35.6. The molecule has 1 aromatic heterocycles. The monoisotopic (exact) mass is 516 g/mol. The van der Waals surface area contributed by atoms with Gasteiger partial charge >= 0.3 is 0 Å². The molecule has 0 radical (unpaired) electrons. The molecule has 0 bridgehead atoms. The standard InChI is InChI=1S/C30H30F2N4O2/c1-3-35(30(37)24-11-7-8-12-29(24)38-2)20-27-25-19-34(18-21-17-22(31)13-14-26(21)32)16-15-28(25)36(33-27)23-9-5-4-6-10-23/h4-14,17H,3,15-16,18-20H2,1-2H3. The lowest BCUT2D eigenvalue weighted by Gasteiger charge is -2.28. The van der Waals surface area contributed by atoms with Gasteiger partial charge in [-0.1, -0.05) is 30.3 Å². The van der Waals surface area contributed by atoms with Crippen molar-refractivity contribution in [2.24, 2.45) is 0 Å². The SMILES string of the molecule is CCN(Cc1nn(-c2ccccc2)c2c1CN(Cc1cc(F)ccc1F)CC2)C(=O)c1ccccc1OC. The highest BCUT2D eigenvalue weighted by Gasteiger charge is 2.28. The van der Waals surface area contributed by atoms with Crippen molar-refractivity contribution in [3.8, 4) is 11.4 Å². The molecule has 8 heteroatoms. The number of hydrogen-bond donors (Lipinski definition) is 0. The number of carbonyl (C=O) groups excluding carboxylic acids is 1. The van der Waals surface area contributed by atoms with Crippen LogP contribution in [0.25, 0.3) is 5.69 Å². The van der Waals surface area contributed by atoms with Gasteiger partial charge in [-0.15, -0.1) is 0 Å². The topological polar surface area (TPSA) is 50.6 Å². The van der Waals surface area contributed by atoms with Gasteiger partial charge in [0.2, 0.25) is 0 Å². The van der Waals surface area contributed by atoms with Crippen LogP contribution in [0.2, 0.25) is 0 Å². The van der Waals surface area contributed by atoms with Gasteiger partial charge < -0.3 is 9.64 Å². The van der Waals surface area contributed by atoms with E-state index in [0.29, 0.717) is 49.5 Å². The number of ether oxygens (including phenoxy) is 1. The fourth-order valence-corrected chi connectivity index (χ4v) is 4.99. The highest BCUT2D eigenvalue weighted by molar-refractivity contribution is 5.96. The number of fused-ring (bicyclic) bond motifs is 1. The summed E-state index contributed by atoms with van der Waals surface area (Å²) in [5.41, 5.74) is 4.65. The second kappa shape index (κ2) is 11.1. The Bertz CT molecular complexity index is 1440. The summed E-state index contributed by atoms with van der Waals surface area (Å²) in [7, 11) is 1.55. The molecule has 6 nitrogen and oxygen atoms in total. The Kier molecular flexibility index (Phi) is 7.51. The predicted molar refractivity (Wildman–Crippen MR) is 141 cm³/mol. The van der Waals surface area contributed by atoms with Crippen LogP contribution in [0.1, 0.15) is 39.8 Å². The number of aromatic nitrogens is 2. The van der Waals surface area contributed by atoms with Crippen LogP contribution >= 0.6 is 0 Å². The Labute approximate surface area is 221 Å². The van der Waals surface area contributed by atoms with Gasteiger partial charge in [-0.25, -0.2) is 13.5 Å². The second-order valence-electron chi connectivity index (χ2n) is 9.34. The van der Waals surface area contributed by atoms with Crippen molar-refractivity contribution in [1.82, 2.24) is 19.6 Å². The van der Waals surface area contributed by atoms with Crippen molar-refractivity contribution in [2.75, 3.05) is 20.2 Å². The largest absolute Gasteiger partial charge is 0.496 e. The Morgan fingerprint density at radius 1 is 1.05 bits per heavy atom. The number of para-hydroxylation sites is 2. The smallest absolute Gasteiger partial charge is 0.257 e. The average Bonchev–Trinajstić information content (AvgIpc) is 3.31. The first-order valence-electron chi connectivity index (χ1n) is 12.7. The highest BCUT2D eigenvalue weighted by atomic mass is 19.1. The third-order valence-electron chi connectivity index (χ3n) is 6.97. The minimum atomic E-state index is -0.454. The lowest BCUT2D eigenvalue weighted by atomic mass is 10.0. The van der Waals surface area contributed by atoms with Crippen molar-refractivity contribution in [3.05, 3.63) is 113 Å². The molecule has 0 unspecified atom stereocenters. The predicted octanol–water partition coefficient (Wildman–Crippen LogP) is 5.38. The van der Waals surface area contributed by atoms with Gasteiger partial charge in [0.1, 0.15) is 17.4 Å². The molecular formula is C30H30F2N4O2. The van der Waals surface area contributed by atoms with Gasteiger partial charge in [-0.3, -0.25) is 9.69 Å². The maximum Gasteiger partial charge on any atom is 0.257 e. The van der Waals surface area contributed by atoms with E-state index < -0.39 is 11.6 Å². The molecule has 0 atom stereocenters. The van der Waals surface area contributed by atoms with Gasteiger partial charge in [0.15, 0.2) is 0 Å². The fourth-order valence-electron chi connectivity index (χ4n) is 4.99. The number of nitrogens with zero attached hydrogens (tertiary/aromatic N) is 4. The van der Waals surface area contributed by atoms with Crippen molar-refractivity contribution in [2.45, 2.75) is 33.0 Å². The van der Waals surface area contributed by atoms with Crippen molar-refractivity contribution in [1.29, 1.82) is 0 Å². The molecule has 0 saturated heterocycles. The van der Waals surface area contributed by atoms with Gasteiger partial charge in [0.05, 0.1) is 36.3 Å². The zero-order chi connectivity index (χ0) is 26.6. The van der Waals surface area contributed by atoms with Crippen molar-refractivity contribution < 1.29 is 18.3 Å². The van der Waals surface area contributed by atoms with E-state index in [1.807, 2.05) is 54.1 Å². The van der Waals surface area contributed by atoms with Crippen LogP contribution in [-0.2, 0) is 26.1 Å². The number of hydrogen-bond acceptors (Lipinski definition) is 4. The maximum atomic E-state index is 14.4. The number of amides is 1. The van der Waals surface area contributed by atoms with E-state index in [1.54, 1.807) is 24.1 Å². The number of methoxy groups -OCH3 is 1. The van der Waals surface area contributed by atoms with Crippen LogP contribution < -0.4 is 4.74 Å². The molecule has 2 heterocycles. The van der Waals surface area contributed by atoms with E-state index in [-0.39, 0.29) is 12.5 Å². The Hall–Kier alpha value is -4.04. The number of halogens is 2. The first kappa shape index (κ1) is 25.6. The molecule has 0 saturated carbocycles. The normalized spacial score (nSPS) is 13.3. The van der Waals surface area contributed by atoms with Gasteiger partial charge in [-0.2, -0.15) is 5.10 Å². The molecule has 5 rings (SSSR count). The number of benzene rings is 3. The van der Waals surface area contributed by atoms with Crippen LogP contribution in [0.3, 0.4) is 0 Å². The summed E-state index contributed by atoms with van der Waals surface area (Å²) in [6.45, 7) is 4.23. The molecule has 0 N–H and O–H groups in total. The Morgan fingerprint density at radius 3 is 2.58 bits per heavy atom. The zero-order valence-electron chi connectivity index (χ0n) is 21.5. The van der Waals surface area contributed by atoms with E-state index in [4.69, 9.17) is 9.84 Å². The molecule has 1 aliphatic heterocycles. The molecule has 38 heavy (non-hydrogen) atoms. The summed E-state index contributed by atoms with van der Waals surface area (Å²) in [4.78, 5) is 17.4. The lowest BCUT2D eigenvalue weighted by Crippen LogP contribution is -2.33. The van der Waals surface area contributed by atoms with Gasteiger partial charge in [0.25, 0.3) is 5.91 Å². The molecule has 1 amide bonds. The van der Waals surface area contributed by atoms with Crippen LogP contribution in [0, 0.1) is 11.6 Å². The van der Waals surface area contributed by atoms with E-state index in [0.717, 1.165) is 28.7 Å². The minimum absolute atomic E-state index is 0.137. The molecular weight excluding hydrogens is 486 g/mol. The Balaban J connectivity index is 1.48. The van der Waals surface area contributed by atoms with Crippen LogP contribution in [-0.4, -0.2) is 45.7 Å². The third kappa shape index (κ3) is 5.17. The van der Waals surface area contributed by atoms with E-state index in [9.17, 15) is 13.6 Å². The van der Waals surface area contributed by atoms with Crippen molar-refractivity contribution in [3.63, 3.8) is 0 Å². The third-order valence-corrected chi connectivity index (χ3v) is 6.97. The number of rotatable bonds is 8. The molecule has 3 aromatic carbocycles.